The Hall–Kier alpha value is -0.400. The van der Waals surface area contributed by atoms with Crippen LogP contribution < -0.4 is 0 Å². The Balaban J connectivity index is 2.41. The van der Waals surface area contributed by atoms with E-state index in [1.165, 1.54) is 6.42 Å². The number of aromatic nitrogens is 2. The number of rotatable bonds is 5. The molecule has 1 aromatic heterocycles. The van der Waals surface area contributed by atoms with Crippen molar-refractivity contribution < 1.29 is 8.42 Å². The minimum atomic E-state index is -3.48. The summed E-state index contributed by atoms with van der Waals surface area (Å²) in [6.07, 6.45) is 5.37. The lowest BCUT2D eigenvalue weighted by Crippen LogP contribution is -2.42. The molecule has 0 radical (unpaired) electrons. The number of hydrogen-bond acceptors (Lipinski definition) is 3. The van der Waals surface area contributed by atoms with E-state index in [1.54, 1.807) is 23.0 Å². The summed E-state index contributed by atoms with van der Waals surface area (Å²) in [6, 6.07) is 0.125. The van der Waals surface area contributed by atoms with Crippen molar-refractivity contribution in [2.24, 2.45) is 7.05 Å². The first-order chi connectivity index (χ1) is 9.89. The van der Waals surface area contributed by atoms with E-state index in [-0.39, 0.29) is 6.04 Å². The van der Waals surface area contributed by atoms with Crippen molar-refractivity contribution in [3.63, 3.8) is 0 Å². The van der Waals surface area contributed by atoms with Crippen molar-refractivity contribution in [2.75, 3.05) is 11.9 Å². The molecule has 1 heterocycles. The molecule has 0 amide bonds. The topological polar surface area (TPSA) is 55.2 Å². The third kappa shape index (κ3) is 3.35. The van der Waals surface area contributed by atoms with Gasteiger partial charge in [0.05, 0.1) is 11.4 Å². The summed E-state index contributed by atoms with van der Waals surface area (Å²) >= 11 is 3.40. The Morgan fingerprint density at radius 1 is 1.29 bits per heavy atom. The van der Waals surface area contributed by atoms with Crippen molar-refractivity contribution in [1.82, 2.24) is 14.1 Å². The maximum atomic E-state index is 13.1. The maximum absolute atomic E-state index is 13.1. The van der Waals surface area contributed by atoms with Gasteiger partial charge in [-0.05, 0) is 26.7 Å². The van der Waals surface area contributed by atoms with Crippen molar-refractivity contribution in [1.29, 1.82) is 0 Å². The van der Waals surface area contributed by atoms with Crippen LogP contribution in [0.5, 0.6) is 0 Å². The van der Waals surface area contributed by atoms with E-state index in [0.717, 1.165) is 25.7 Å². The van der Waals surface area contributed by atoms with Crippen molar-refractivity contribution in [2.45, 2.75) is 56.9 Å². The smallest absolute Gasteiger partial charge is 0.247 e. The summed E-state index contributed by atoms with van der Waals surface area (Å²) in [5.41, 5.74) is 1.30. The second-order valence-corrected chi connectivity index (χ2v) is 8.34. The molecular weight excluding hydrogens is 354 g/mol. The van der Waals surface area contributed by atoms with Crippen LogP contribution in [0.1, 0.15) is 43.5 Å². The predicted molar refractivity (Wildman–Crippen MR) is 87.2 cm³/mol. The lowest BCUT2D eigenvalue weighted by Gasteiger charge is -2.33. The summed E-state index contributed by atoms with van der Waals surface area (Å²) in [4.78, 5) is 0.386. The van der Waals surface area contributed by atoms with E-state index in [2.05, 4.69) is 21.0 Å². The van der Waals surface area contributed by atoms with Crippen LogP contribution in [0.15, 0.2) is 4.90 Å². The third-order valence-electron chi connectivity index (χ3n) is 4.30. The first-order valence-corrected chi connectivity index (χ1v) is 10.0. The van der Waals surface area contributed by atoms with Gasteiger partial charge in [0.15, 0.2) is 0 Å². The molecule has 120 valence electrons. The van der Waals surface area contributed by atoms with Gasteiger partial charge in [-0.2, -0.15) is 9.40 Å². The fraction of sp³-hybridized carbons (Fsp3) is 0.786. The standard InChI is InChI=1S/C14H24BrN3O2S/c1-11-14(12(2)17(3)16-11)21(19,20)18(10-9-15)13-7-5-4-6-8-13/h13H,4-10H2,1-3H3. The molecule has 0 unspecified atom stereocenters. The van der Waals surface area contributed by atoms with E-state index in [9.17, 15) is 8.42 Å². The quantitative estimate of drug-likeness (QED) is 0.741. The molecule has 0 spiro atoms. The van der Waals surface area contributed by atoms with E-state index >= 15 is 0 Å². The minimum absolute atomic E-state index is 0.125. The maximum Gasteiger partial charge on any atom is 0.247 e. The zero-order valence-corrected chi connectivity index (χ0v) is 15.4. The summed E-state index contributed by atoms with van der Waals surface area (Å²) in [5.74, 6) is 0. The molecule has 0 saturated heterocycles. The number of hydrogen-bond donors (Lipinski definition) is 0. The highest BCUT2D eigenvalue weighted by atomic mass is 79.9. The van der Waals surface area contributed by atoms with Gasteiger partial charge in [0.25, 0.3) is 0 Å². The van der Waals surface area contributed by atoms with Crippen LogP contribution in [-0.2, 0) is 17.1 Å². The van der Waals surface area contributed by atoms with Gasteiger partial charge < -0.3 is 0 Å². The Kier molecular flexibility index (Phi) is 5.48. The molecule has 1 aliphatic carbocycles. The Morgan fingerprint density at radius 2 is 1.90 bits per heavy atom. The van der Waals surface area contributed by atoms with Crippen molar-refractivity contribution >= 4 is 26.0 Å². The molecule has 2 rings (SSSR count). The monoisotopic (exact) mass is 377 g/mol. The third-order valence-corrected chi connectivity index (χ3v) is 6.86. The van der Waals surface area contributed by atoms with Crippen molar-refractivity contribution in [3.05, 3.63) is 11.4 Å². The van der Waals surface area contributed by atoms with Gasteiger partial charge in [0.2, 0.25) is 10.0 Å². The second-order valence-electron chi connectivity index (χ2n) is 5.72. The summed E-state index contributed by atoms with van der Waals surface area (Å²) in [5, 5.41) is 4.92. The zero-order valence-electron chi connectivity index (χ0n) is 13.0. The summed E-state index contributed by atoms with van der Waals surface area (Å²) in [6.45, 7) is 4.11. The number of halogens is 1. The molecule has 1 aromatic rings. The highest BCUT2D eigenvalue weighted by Crippen LogP contribution is 2.30. The SMILES string of the molecule is Cc1nn(C)c(C)c1S(=O)(=O)N(CCBr)C1CCCCC1. The molecule has 0 aromatic carbocycles. The summed E-state index contributed by atoms with van der Waals surface area (Å²) < 4.78 is 29.6. The first-order valence-electron chi connectivity index (χ1n) is 7.47. The zero-order chi connectivity index (χ0) is 15.6. The van der Waals surface area contributed by atoms with Gasteiger partial charge in [-0.1, -0.05) is 35.2 Å². The molecular formula is C14H24BrN3O2S. The van der Waals surface area contributed by atoms with Crippen LogP contribution in [0.25, 0.3) is 0 Å². The van der Waals surface area contributed by atoms with Crippen LogP contribution in [0.3, 0.4) is 0 Å². The Bertz CT molecular complexity index is 592. The van der Waals surface area contributed by atoms with Gasteiger partial charge in [-0.25, -0.2) is 8.42 Å². The van der Waals surface area contributed by atoms with Crippen LogP contribution in [0.4, 0.5) is 0 Å². The van der Waals surface area contributed by atoms with Crippen LogP contribution in [0, 0.1) is 13.8 Å². The van der Waals surface area contributed by atoms with Crippen molar-refractivity contribution in [3.8, 4) is 0 Å². The fourth-order valence-electron chi connectivity index (χ4n) is 3.20. The molecule has 21 heavy (non-hydrogen) atoms. The molecule has 1 fully saturated rings. The van der Waals surface area contributed by atoms with E-state index in [0.29, 0.717) is 28.2 Å². The molecule has 0 bridgehead atoms. The Labute approximate surface area is 135 Å². The number of sulfonamides is 1. The normalized spacial score (nSPS) is 17.6. The molecule has 1 aliphatic rings. The fourth-order valence-corrected chi connectivity index (χ4v) is 5.90. The van der Waals surface area contributed by atoms with Crippen LogP contribution >= 0.6 is 15.9 Å². The van der Waals surface area contributed by atoms with Gasteiger partial charge in [0, 0.05) is 25.0 Å². The van der Waals surface area contributed by atoms with Gasteiger partial charge in [0.1, 0.15) is 4.90 Å². The lowest BCUT2D eigenvalue weighted by molar-refractivity contribution is 0.263. The van der Waals surface area contributed by atoms with Crippen LogP contribution in [-0.4, -0.2) is 40.4 Å². The minimum Gasteiger partial charge on any atom is -0.271 e. The second kappa shape index (κ2) is 6.79. The number of aryl methyl sites for hydroxylation is 2. The molecule has 1 saturated carbocycles. The number of alkyl halides is 1. The predicted octanol–water partition coefficient (Wildman–Crippen LogP) is 2.76. The average molecular weight is 378 g/mol. The average Bonchev–Trinajstić information content (AvgIpc) is 2.70. The van der Waals surface area contributed by atoms with Gasteiger partial charge in [-0.15, -0.1) is 0 Å². The molecule has 0 aliphatic heterocycles. The molecule has 0 N–H and O–H groups in total. The highest BCUT2D eigenvalue weighted by Gasteiger charge is 2.35. The van der Waals surface area contributed by atoms with E-state index in [4.69, 9.17) is 0 Å². The molecule has 7 heteroatoms. The Morgan fingerprint density at radius 3 is 2.38 bits per heavy atom. The summed E-state index contributed by atoms with van der Waals surface area (Å²) in [7, 11) is -1.69. The lowest BCUT2D eigenvalue weighted by atomic mass is 9.95. The van der Waals surface area contributed by atoms with Gasteiger partial charge in [-0.3, -0.25) is 4.68 Å². The first kappa shape index (κ1) is 17.0. The van der Waals surface area contributed by atoms with Crippen LogP contribution in [0.2, 0.25) is 0 Å². The molecule has 0 atom stereocenters. The van der Waals surface area contributed by atoms with E-state index < -0.39 is 10.0 Å². The highest BCUT2D eigenvalue weighted by molar-refractivity contribution is 9.09. The van der Waals surface area contributed by atoms with E-state index in [1.807, 2.05) is 6.92 Å². The molecule has 5 nitrogen and oxygen atoms in total. The van der Waals surface area contributed by atoms with Gasteiger partial charge >= 0.3 is 0 Å². The number of nitrogens with zero attached hydrogens (tertiary/aromatic N) is 3. The largest absolute Gasteiger partial charge is 0.271 e.